The summed E-state index contributed by atoms with van der Waals surface area (Å²) in [5.74, 6) is -3.18. The molecule has 0 aliphatic carbocycles. The van der Waals surface area contributed by atoms with Gasteiger partial charge in [0.15, 0.2) is 18.2 Å². The van der Waals surface area contributed by atoms with Gasteiger partial charge in [-0.05, 0) is 36.6 Å². The number of nitrogens with one attached hydrogen (secondary N) is 2. The Morgan fingerprint density at radius 3 is 2.70 bits per heavy atom. The minimum Gasteiger partial charge on any atom is -0.456 e. The third kappa shape index (κ3) is 4.91. The minimum atomic E-state index is -1.07. The van der Waals surface area contributed by atoms with E-state index in [0.717, 1.165) is 28.6 Å². The number of para-hydroxylation sites is 1. The van der Waals surface area contributed by atoms with Gasteiger partial charge in [-0.25, -0.2) is 8.78 Å². The van der Waals surface area contributed by atoms with Crippen molar-refractivity contribution in [2.24, 2.45) is 0 Å². The second-order valence-corrected chi connectivity index (χ2v) is 6.05. The van der Waals surface area contributed by atoms with Gasteiger partial charge in [0.1, 0.15) is 0 Å². The van der Waals surface area contributed by atoms with E-state index < -0.39 is 30.1 Å². The Morgan fingerprint density at radius 2 is 1.89 bits per heavy atom. The molecule has 0 bridgehead atoms. The predicted octanol–water partition coefficient (Wildman–Crippen LogP) is 3.95. The van der Waals surface area contributed by atoms with Crippen LogP contribution in [0.25, 0.3) is 10.9 Å². The van der Waals surface area contributed by atoms with Gasteiger partial charge < -0.3 is 15.0 Å². The van der Waals surface area contributed by atoms with Crippen LogP contribution in [0.2, 0.25) is 0 Å². The van der Waals surface area contributed by atoms with Crippen LogP contribution in [-0.4, -0.2) is 23.5 Å². The van der Waals surface area contributed by atoms with E-state index in [1.165, 1.54) is 6.07 Å². The molecule has 0 radical (unpaired) electrons. The molecule has 1 aromatic heterocycles. The molecule has 0 aliphatic rings. The van der Waals surface area contributed by atoms with Crippen LogP contribution in [0.4, 0.5) is 14.5 Å². The number of amides is 1. The molecular formula is C20H18F2N2O3. The zero-order valence-electron chi connectivity index (χ0n) is 14.4. The second kappa shape index (κ2) is 8.44. The van der Waals surface area contributed by atoms with Crippen LogP contribution in [0.3, 0.4) is 0 Å². The number of esters is 1. The molecule has 27 heavy (non-hydrogen) atoms. The third-order valence-corrected chi connectivity index (χ3v) is 4.07. The molecule has 2 aromatic carbocycles. The second-order valence-electron chi connectivity index (χ2n) is 6.05. The van der Waals surface area contributed by atoms with Gasteiger partial charge >= 0.3 is 5.97 Å². The van der Waals surface area contributed by atoms with E-state index in [0.29, 0.717) is 12.8 Å². The number of ether oxygens (including phenoxy) is 1. The van der Waals surface area contributed by atoms with Gasteiger partial charge in [-0.3, -0.25) is 9.59 Å². The quantitative estimate of drug-likeness (QED) is 0.617. The van der Waals surface area contributed by atoms with E-state index in [4.69, 9.17) is 4.74 Å². The number of hydrogen-bond acceptors (Lipinski definition) is 3. The number of aromatic amines is 1. The summed E-state index contributed by atoms with van der Waals surface area (Å²) < 4.78 is 30.8. The highest BCUT2D eigenvalue weighted by atomic mass is 19.2. The average molecular weight is 372 g/mol. The molecular weight excluding hydrogens is 354 g/mol. The third-order valence-electron chi connectivity index (χ3n) is 4.07. The number of anilines is 1. The summed E-state index contributed by atoms with van der Waals surface area (Å²) in [6.45, 7) is -0.481. The van der Waals surface area contributed by atoms with E-state index in [2.05, 4.69) is 10.3 Å². The fourth-order valence-corrected chi connectivity index (χ4v) is 2.75. The Labute approximate surface area is 154 Å². The van der Waals surface area contributed by atoms with Crippen molar-refractivity contribution >= 4 is 28.5 Å². The maximum Gasteiger partial charge on any atom is 0.306 e. The average Bonchev–Trinajstić information content (AvgIpc) is 3.06. The van der Waals surface area contributed by atoms with Crippen molar-refractivity contribution in [3.8, 4) is 0 Å². The zero-order chi connectivity index (χ0) is 19.2. The number of benzene rings is 2. The van der Waals surface area contributed by atoms with Crippen LogP contribution in [0.1, 0.15) is 18.4 Å². The van der Waals surface area contributed by atoms with Crippen molar-refractivity contribution in [2.45, 2.75) is 19.3 Å². The molecule has 0 atom stereocenters. The van der Waals surface area contributed by atoms with Crippen LogP contribution >= 0.6 is 0 Å². The highest BCUT2D eigenvalue weighted by molar-refractivity contribution is 5.92. The van der Waals surface area contributed by atoms with E-state index in [-0.39, 0.29) is 12.1 Å². The number of rotatable bonds is 7. The fraction of sp³-hybridized carbons (Fsp3) is 0.200. The molecule has 3 aromatic rings. The molecule has 2 N–H and O–H groups in total. The highest BCUT2D eigenvalue weighted by Crippen LogP contribution is 2.19. The fourth-order valence-electron chi connectivity index (χ4n) is 2.75. The summed E-state index contributed by atoms with van der Waals surface area (Å²) in [7, 11) is 0. The Balaban J connectivity index is 1.40. The van der Waals surface area contributed by atoms with Crippen molar-refractivity contribution in [3.05, 3.63) is 65.9 Å². The lowest BCUT2D eigenvalue weighted by molar-refractivity contribution is -0.147. The maximum atomic E-state index is 13.1. The number of aryl methyl sites for hydroxylation is 1. The van der Waals surface area contributed by atoms with Crippen molar-refractivity contribution in [1.29, 1.82) is 0 Å². The first-order chi connectivity index (χ1) is 13.0. The van der Waals surface area contributed by atoms with Crippen LogP contribution in [0, 0.1) is 11.6 Å². The first-order valence-corrected chi connectivity index (χ1v) is 8.48. The lowest BCUT2D eigenvalue weighted by atomic mass is 10.1. The van der Waals surface area contributed by atoms with Crippen molar-refractivity contribution in [1.82, 2.24) is 4.98 Å². The SMILES string of the molecule is O=C(COC(=O)CCCc1c[nH]c2ccccc12)Nc1ccc(F)c(F)c1. The molecule has 1 amide bonds. The zero-order valence-corrected chi connectivity index (χ0v) is 14.4. The molecule has 0 saturated carbocycles. The molecule has 0 spiro atoms. The standard InChI is InChI=1S/C20H18F2N2O3/c21-16-9-8-14(10-17(16)22)24-19(25)12-27-20(26)7-3-4-13-11-23-18-6-2-1-5-15(13)18/h1-2,5-6,8-11,23H,3-4,7,12H2,(H,24,25). The molecule has 1 heterocycles. The minimum absolute atomic E-state index is 0.0919. The van der Waals surface area contributed by atoms with Gasteiger partial charge in [-0.2, -0.15) is 0 Å². The van der Waals surface area contributed by atoms with Crippen LogP contribution in [0.15, 0.2) is 48.7 Å². The summed E-state index contributed by atoms with van der Waals surface area (Å²) in [4.78, 5) is 26.7. The number of halogens is 2. The van der Waals surface area contributed by atoms with Crippen LogP contribution in [-0.2, 0) is 20.7 Å². The Bertz CT molecular complexity index is 969. The van der Waals surface area contributed by atoms with E-state index in [9.17, 15) is 18.4 Å². The van der Waals surface area contributed by atoms with Crippen molar-refractivity contribution < 1.29 is 23.1 Å². The Hall–Kier alpha value is -3.22. The maximum absolute atomic E-state index is 13.1. The summed E-state index contributed by atoms with van der Waals surface area (Å²) in [5, 5.41) is 3.46. The van der Waals surface area contributed by atoms with Crippen molar-refractivity contribution in [3.63, 3.8) is 0 Å². The largest absolute Gasteiger partial charge is 0.456 e. The Kier molecular flexibility index (Phi) is 5.80. The van der Waals surface area contributed by atoms with Gasteiger partial charge in [0.2, 0.25) is 0 Å². The molecule has 140 valence electrons. The van der Waals surface area contributed by atoms with Crippen LogP contribution < -0.4 is 5.32 Å². The van der Waals surface area contributed by atoms with Gasteiger partial charge in [-0.1, -0.05) is 18.2 Å². The smallest absolute Gasteiger partial charge is 0.306 e. The normalized spacial score (nSPS) is 10.7. The molecule has 0 fully saturated rings. The molecule has 7 heteroatoms. The first-order valence-electron chi connectivity index (χ1n) is 8.48. The Morgan fingerprint density at radius 1 is 1.07 bits per heavy atom. The summed E-state index contributed by atoms with van der Waals surface area (Å²) in [6.07, 6.45) is 3.40. The lowest BCUT2D eigenvalue weighted by Crippen LogP contribution is -2.21. The highest BCUT2D eigenvalue weighted by Gasteiger charge is 2.10. The first kappa shape index (κ1) is 18.6. The molecule has 0 saturated heterocycles. The lowest BCUT2D eigenvalue weighted by Gasteiger charge is -2.07. The molecule has 5 nitrogen and oxygen atoms in total. The number of fused-ring (bicyclic) bond motifs is 1. The molecule has 3 rings (SSSR count). The van der Waals surface area contributed by atoms with Crippen LogP contribution in [0.5, 0.6) is 0 Å². The van der Waals surface area contributed by atoms with Gasteiger partial charge in [0, 0.05) is 35.3 Å². The summed E-state index contributed by atoms with van der Waals surface area (Å²) in [5.41, 5.74) is 2.26. The van der Waals surface area contributed by atoms with Gasteiger partial charge in [-0.15, -0.1) is 0 Å². The number of carbonyl (C=O) groups excluding carboxylic acids is 2. The van der Waals surface area contributed by atoms with Gasteiger partial charge in [0.25, 0.3) is 5.91 Å². The number of H-pyrrole nitrogens is 1. The van der Waals surface area contributed by atoms with E-state index in [1.807, 2.05) is 30.5 Å². The molecule has 0 unspecified atom stereocenters. The van der Waals surface area contributed by atoms with Crippen molar-refractivity contribution in [2.75, 3.05) is 11.9 Å². The summed E-state index contributed by atoms with van der Waals surface area (Å²) in [6, 6.07) is 10.9. The molecule has 0 aliphatic heterocycles. The topological polar surface area (TPSA) is 71.2 Å². The van der Waals surface area contributed by atoms with E-state index >= 15 is 0 Å². The van der Waals surface area contributed by atoms with Gasteiger partial charge in [0.05, 0.1) is 0 Å². The van der Waals surface area contributed by atoms with E-state index in [1.54, 1.807) is 0 Å². The summed E-state index contributed by atoms with van der Waals surface area (Å²) >= 11 is 0. The monoisotopic (exact) mass is 372 g/mol. The number of carbonyl (C=O) groups is 2. The number of hydrogen-bond donors (Lipinski definition) is 2. The number of aromatic nitrogens is 1. The predicted molar refractivity (Wildman–Crippen MR) is 97.2 cm³/mol.